The van der Waals surface area contributed by atoms with E-state index in [1.165, 1.54) is 10.2 Å². The van der Waals surface area contributed by atoms with E-state index in [0.717, 1.165) is 22.2 Å². The van der Waals surface area contributed by atoms with E-state index in [1.54, 1.807) is 7.11 Å². The molecule has 0 radical (unpaired) electrons. The number of hydrogen-bond acceptors (Lipinski definition) is 5. The highest BCUT2D eigenvalue weighted by Crippen LogP contribution is 2.26. The molecule has 0 aliphatic carbocycles. The highest BCUT2D eigenvalue weighted by molar-refractivity contribution is 9.10. The maximum Gasteiger partial charge on any atom is 0.280 e. The SMILES string of the molecule is CCc1ccc(NC(=O)c2nnn(Cc3ccc(OC)c(Br)c3)c2N)cc1. The van der Waals surface area contributed by atoms with Gasteiger partial charge in [-0.15, -0.1) is 5.10 Å². The lowest BCUT2D eigenvalue weighted by molar-refractivity contribution is 0.102. The summed E-state index contributed by atoms with van der Waals surface area (Å²) in [5, 5.41) is 10.7. The van der Waals surface area contributed by atoms with Gasteiger partial charge in [0.25, 0.3) is 5.91 Å². The highest BCUT2D eigenvalue weighted by atomic mass is 79.9. The molecule has 0 aliphatic heterocycles. The standard InChI is InChI=1S/C19H20BrN5O2/c1-3-12-4-7-14(8-5-12)22-19(26)17-18(21)25(24-23-17)11-13-6-9-16(27-2)15(20)10-13/h4-10H,3,11,21H2,1-2H3,(H,22,26). The number of ether oxygens (including phenoxy) is 1. The molecule has 7 nitrogen and oxygen atoms in total. The first-order valence-corrected chi connectivity index (χ1v) is 9.22. The molecule has 0 aliphatic rings. The van der Waals surface area contributed by atoms with Gasteiger partial charge >= 0.3 is 0 Å². The predicted molar refractivity (Wildman–Crippen MR) is 108 cm³/mol. The molecule has 0 fully saturated rings. The Morgan fingerprint density at radius 2 is 1.93 bits per heavy atom. The molecule has 0 bridgehead atoms. The van der Waals surface area contributed by atoms with Gasteiger partial charge in [-0.05, 0) is 57.7 Å². The molecule has 1 aromatic heterocycles. The molecule has 1 heterocycles. The first-order valence-electron chi connectivity index (χ1n) is 8.43. The Morgan fingerprint density at radius 3 is 2.56 bits per heavy atom. The van der Waals surface area contributed by atoms with Gasteiger partial charge < -0.3 is 15.8 Å². The van der Waals surface area contributed by atoms with Crippen LogP contribution in [0, 0.1) is 0 Å². The number of aryl methyl sites for hydroxylation is 1. The van der Waals surface area contributed by atoms with Crippen LogP contribution in [0.15, 0.2) is 46.9 Å². The summed E-state index contributed by atoms with van der Waals surface area (Å²) < 4.78 is 7.54. The Bertz CT molecular complexity index is 953. The maximum absolute atomic E-state index is 12.5. The Labute approximate surface area is 165 Å². The molecule has 3 rings (SSSR count). The minimum atomic E-state index is -0.390. The van der Waals surface area contributed by atoms with Crippen LogP contribution in [-0.2, 0) is 13.0 Å². The van der Waals surface area contributed by atoms with E-state index >= 15 is 0 Å². The zero-order valence-electron chi connectivity index (χ0n) is 15.1. The Kier molecular flexibility index (Phi) is 5.75. The van der Waals surface area contributed by atoms with Crippen molar-refractivity contribution in [3.8, 4) is 5.75 Å². The normalized spacial score (nSPS) is 10.6. The van der Waals surface area contributed by atoms with E-state index in [-0.39, 0.29) is 17.4 Å². The number of nitrogens with one attached hydrogen (secondary N) is 1. The van der Waals surface area contributed by atoms with Crippen molar-refractivity contribution in [3.63, 3.8) is 0 Å². The molecule has 0 atom stereocenters. The summed E-state index contributed by atoms with van der Waals surface area (Å²) in [5.74, 6) is 0.558. The van der Waals surface area contributed by atoms with Crippen molar-refractivity contribution in [1.29, 1.82) is 0 Å². The molecule has 3 aromatic rings. The summed E-state index contributed by atoms with van der Waals surface area (Å²) >= 11 is 3.45. The molecule has 0 saturated heterocycles. The topological polar surface area (TPSA) is 95.1 Å². The number of halogens is 1. The summed E-state index contributed by atoms with van der Waals surface area (Å²) in [7, 11) is 1.61. The van der Waals surface area contributed by atoms with Gasteiger partial charge in [0, 0.05) is 5.69 Å². The van der Waals surface area contributed by atoms with Gasteiger partial charge in [0.2, 0.25) is 0 Å². The van der Waals surface area contributed by atoms with Gasteiger partial charge in [-0.3, -0.25) is 4.79 Å². The number of rotatable bonds is 6. The number of aromatic nitrogens is 3. The van der Waals surface area contributed by atoms with E-state index < -0.39 is 0 Å². The Morgan fingerprint density at radius 1 is 1.22 bits per heavy atom. The van der Waals surface area contributed by atoms with Crippen LogP contribution < -0.4 is 15.8 Å². The molecule has 2 aromatic carbocycles. The molecular formula is C19H20BrN5O2. The molecule has 0 saturated carbocycles. The quantitative estimate of drug-likeness (QED) is 0.624. The largest absolute Gasteiger partial charge is 0.496 e. The average Bonchev–Trinajstić information content (AvgIpc) is 3.03. The minimum Gasteiger partial charge on any atom is -0.496 e. The fourth-order valence-corrected chi connectivity index (χ4v) is 3.18. The fourth-order valence-electron chi connectivity index (χ4n) is 2.59. The lowest BCUT2D eigenvalue weighted by atomic mass is 10.1. The van der Waals surface area contributed by atoms with Crippen molar-refractivity contribution in [2.75, 3.05) is 18.2 Å². The number of carbonyl (C=O) groups is 1. The van der Waals surface area contributed by atoms with Crippen LogP contribution in [0.25, 0.3) is 0 Å². The molecule has 140 valence electrons. The molecule has 0 spiro atoms. The molecule has 1 amide bonds. The van der Waals surface area contributed by atoms with Crippen LogP contribution in [0.5, 0.6) is 5.75 Å². The number of carbonyl (C=O) groups excluding carboxylic acids is 1. The summed E-state index contributed by atoms with van der Waals surface area (Å²) in [6, 6.07) is 13.3. The van der Waals surface area contributed by atoms with Crippen molar-refractivity contribution in [1.82, 2.24) is 15.0 Å². The van der Waals surface area contributed by atoms with Gasteiger partial charge in [-0.25, -0.2) is 4.68 Å². The van der Waals surface area contributed by atoms with Gasteiger partial charge in [-0.1, -0.05) is 30.3 Å². The fraction of sp³-hybridized carbons (Fsp3) is 0.211. The number of nitrogen functional groups attached to an aromatic ring is 1. The zero-order valence-corrected chi connectivity index (χ0v) is 16.7. The van der Waals surface area contributed by atoms with E-state index in [0.29, 0.717) is 12.2 Å². The monoisotopic (exact) mass is 429 g/mol. The summed E-state index contributed by atoms with van der Waals surface area (Å²) in [5.41, 5.74) is 9.01. The molecule has 8 heteroatoms. The van der Waals surface area contributed by atoms with Crippen molar-refractivity contribution in [2.24, 2.45) is 0 Å². The first kappa shape index (κ1) is 18.9. The number of anilines is 2. The summed E-state index contributed by atoms with van der Waals surface area (Å²) in [4.78, 5) is 12.5. The van der Waals surface area contributed by atoms with Crippen LogP contribution >= 0.6 is 15.9 Å². The molecular weight excluding hydrogens is 410 g/mol. The third-order valence-electron chi connectivity index (χ3n) is 4.16. The van der Waals surface area contributed by atoms with E-state index in [2.05, 4.69) is 38.5 Å². The van der Waals surface area contributed by atoms with Crippen LogP contribution in [-0.4, -0.2) is 28.0 Å². The maximum atomic E-state index is 12.5. The van der Waals surface area contributed by atoms with Crippen molar-refractivity contribution in [2.45, 2.75) is 19.9 Å². The van der Waals surface area contributed by atoms with Crippen LogP contribution in [0.1, 0.15) is 28.5 Å². The lowest BCUT2D eigenvalue weighted by Crippen LogP contribution is -2.15. The third-order valence-corrected chi connectivity index (χ3v) is 4.78. The second-order valence-corrected chi connectivity index (χ2v) is 6.81. The number of methoxy groups -OCH3 is 1. The minimum absolute atomic E-state index is 0.0992. The smallest absolute Gasteiger partial charge is 0.280 e. The summed E-state index contributed by atoms with van der Waals surface area (Å²) in [6.07, 6.45) is 0.941. The van der Waals surface area contributed by atoms with E-state index in [1.807, 2.05) is 42.5 Å². The lowest BCUT2D eigenvalue weighted by Gasteiger charge is -2.08. The second kappa shape index (κ2) is 8.22. The molecule has 0 unspecified atom stereocenters. The van der Waals surface area contributed by atoms with Crippen LogP contribution in [0.3, 0.4) is 0 Å². The predicted octanol–water partition coefficient (Wildman–Crippen LogP) is 3.49. The Balaban J connectivity index is 1.73. The zero-order chi connectivity index (χ0) is 19.4. The van der Waals surface area contributed by atoms with Gasteiger partial charge in [0.05, 0.1) is 18.1 Å². The summed E-state index contributed by atoms with van der Waals surface area (Å²) in [6.45, 7) is 2.47. The first-order chi connectivity index (χ1) is 13.0. The van der Waals surface area contributed by atoms with E-state index in [9.17, 15) is 4.79 Å². The van der Waals surface area contributed by atoms with Crippen molar-refractivity contribution in [3.05, 3.63) is 63.8 Å². The highest BCUT2D eigenvalue weighted by Gasteiger charge is 2.18. The number of benzene rings is 2. The number of nitrogens with zero attached hydrogens (tertiary/aromatic N) is 3. The van der Waals surface area contributed by atoms with Gasteiger partial charge in [0.15, 0.2) is 11.5 Å². The molecule has 3 N–H and O–H groups in total. The number of nitrogens with two attached hydrogens (primary N) is 1. The number of hydrogen-bond donors (Lipinski definition) is 2. The number of amides is 1. The van der Waals surface area contributed by atoms with Crippen LogP contribution in [0.2, 0.25) is 0 Å². The Hall–Kier alpha value is -2.87. The van der Waals surface area contributed by atoms with Crippen LogP contribution in [0.4, 0.5) is 11.5 Å². The second-order valence-electron chi connectivity index (χ2n) is 5.95. The van der Waals surface area contributed by atoms with E-state index in [4.69, 9.17) is 10.5 Å². The van der Waals surface area contributed by atoms with Crippen molar-refractivity contribution < 1.29 is 9.53 Å². The average molecular weight is 430 g/mol. The third kappa shape index (κ3) is 4.28. The van der Waals surface area contributed by atoms with Gasteiger partial charge in [-0.2, -0.15) is 0 Å². The van der Waals surface area contributed by atoms with Crippen molar-refractivity contribution >= 4 is 33.3 Å². The van der Waals surface area contributed by atoms with Gasteiger partial charge in [0.1, 0.15) is 5.75 Å². The molecule has 27 heavy (non-hydrogen) atoms.